The minimum absolute atomic E-state index is 0.0426. The van der Waals surface area contributed by atoms with Crippen molar-refractivity contribution in [2.45, 2.75) is 17.5 Å². The van der Waals surface area contributed by atoms with E-state index in [0.29, 0.717) is 16.1 Å². The molecule has 0 aliphatic rings. The smallest absolute Gasteiger partial charge is 0.326 e. The zero-order valence-electron chi connectivity index (χ0n) is 14.2. The lowest BCUT2D eigenvalue weighted by Crippen LogP contribution is -2.44. The molecule has 0 fully saturated rings. The van der Waals surface area contributed by atoms with E-state index in [1.54, 1.807) is 12.1 Å². The van der Waals surface area contributed by atoms with Crippen LogP contribution in [0.3, 0.4) is 0 Å². The molecule has 11 heteroatoms. The first-order valence-corrected chi connectivity index (χ1v) is 11.1. The highest BCUT2D eigenvalue weighted by Gasteiger charge is 2.26. The Kier molecular flexibility index (Phi) is 6.62. The van der Waals surface area contributed by atoms with Gasteiger partial charge in [0.15, 0.2) is 0 Å². The van der Waals surface area contributed by atoms with Crippen molar-refractivity contribution < 1.29 is 27.5 Å². The number of aliphatic hydroxyl groups is 1. The molecule has 2 N–H and O–H groups in total. The monoisotopic (exact) mass is 486 g/mol. The predicted molar refractivity (Wildman–Crippen MR) is 105 cm³/mol. The van der Waals surface area contributed by atoms with Crippen LogP contribution in [0.25, 0.3) is 10.8 Å². The lowest BCUT2D eigenvalue weighted by Gasteiger charge is -2.15. The number of aromatic nitrogens is 1. The summed E-state index contributed by atoms with van der Waals surface area (Å²) in [6, 6.07) is 8.09. The van der Waals surface area contributed by atoms with Crippen LogP contribution in [-0.2, 0) is 26.2 Å². The Morgan fingerprint density at radius 1 is 1.32 bits per heavy atom. The van der Waals surface area contributed by atoms with Gasteiger partial charge < -0.3 is 14.3 Å². The van der Waals surface area contributed by atoms with Gasteiger partial charge in [-0.2, -0.15) is 4.72 Å². The maximum absolute atomic E-state index is 12.4. The number of nitrogens with one attached hydrogen (secondary N) is 1. The van der Waals surface area contributed by atoms with Crippen LogP contribution in [0, 0.1) is 0 Å². The molecule has 8 nitrogen and oxygen atoms in total. The van der Waals surface area contributed by atoms with Crippen molar-refractivity contribution in [1.82, 2.24) is 9.71 Å². The zero-order chi connectivity index (χ0) is 20.1. The summed E-state index contributed by atoms with van der Waals surface area (Å²) in [5.41, 5.74) is 0.365. The van der Waals surface area contributed by atoms with Crippen LogP contribution in [0.4, 0.5) is 0 Å². The van der Waals surface area contributed by atoms with Crippen LogP contribution >= 0.6 is 27.3 Å². The zero-order valence-corrected chi connectivity index (χ0v) is 17.5. The Morgan fingerprint density at radius 3 is 2.71 bits per heavy atom. The van der Waals surface area contributed by atoms with Gasteiger partial charge in [0.2, 0.25) is 15.9 Å². The van der Waals surface area contributed by atoms with E-state index in [9.17, 15) is 18.3 Å². The number of thiophene rings is 1. The lowest BCUT2D eigenvalue weighted by atomic mass is 10.3. The molecule has 148 valence electrons. The van der Waals surface area contributed by atoms with E-state index in [1.165, 1.54) is 29.7 Å². The van der Waals surface area contributed by atoms with Crippen molar-refractivity contribution >= 4 is 43.3 Å². The van der Waals surface area contributed by atoms with Gasteiger partial charge in [0.05, 0.1) is 16.4 Å². The summed E-state index contributed by atoms with van der Waals surface area (Å²) < 4.78 is 37.9. The summed E-state index contributed by atoms with van der Waals surface area (Å²) in [5.74, 6) is -0.528. The molecule has 0 spiro atoms. The summed E-state index contributed by atoms with van der Waals surface area (Å²) in [7, 11) is -4.01. The molecule has 1 atom stereocenters. The van der Waals surface area contributed by atoms with Crippen LogP contribution < -0.4 is 4.72 Å². The lowest BCUT2D eigenvalue weighted by molar-refractivity contribution is -0.148. The van der Waals surface area contributed by atoms with Gasteiger partial charge in [0, 0.05) is 4.47 Å². The van der Waals surface area contributed by atoms with Gasteiger partial charge in [-0.3, -0.25) is 4.79 Å². The third kappa shape index (κ3) is 5.06. The predicted octanol–water partition coefficient (Wildman–Crippen LogP) is 2.55. The molecule has 2 heterocycles. The highest BCUT2D eigenvalue weighted by molar-refractivity contribution is 9.10. The topological polar surface area (TPSA) is 119 Å². The Hall–Kier alpha value is -2.05. The van der Waals surface area contributed by atoms with E-state index in [2.05, 4.69) is 25.6 Å². The van der Waals surface area contributed by atoms with Gasteiger partial charge in [0.25, 0.3) is 0 Å². The van der Waals surface area contributed by atoms with E-state index in [4.69, 9.17) is 9.15 Å². The fourth-order valence-electron chi connectivity index (χ4n) is 2.16. The number of esters is 1. The summed E-state index contributed by atoms with van der Waals surface area (Å²) in [5, 5.41) is 11.3. The summed E-state index contributed by atoms with van der Waals surface area (Å²) >= 11 is 4.67. The Labute approximate surface area is 173 Å². The highest BCUT2D eigenvalue weighted by atomic mass is 79.9. The molecule has 3 rings (SSSR count). The second kappa shape index (κ2) is 8.97. The Balaban J connectivity index is 1.61. The molecule has 0 aliphatic carbocycles. The maximum atomic E-state index is 12.4. The number of carbonyl (C=O) groups excluding carboxylic acids is 1. The van der Waals surface area contributed by atoms with E-state index in [0.717, 1.165) is 4.88 Å². The van der Waals surface area contributed by atoms with Crippen LogP contribution in [0.1, 0.15) is 5.69 Å². The minimum Gasteiger partial charge on any atom is -0.458 e. The Morgan fingerprint density at radius 2 is 2.07 bits per heavy atom. The summed E-state index contributed by atoms with van der Waals surface area (Å²) in [6.07, 6.45) is 1.35. The van der Waals surface area contributed by atoms with Gasteiger partial charge in [-0.25, -0.2) is 13.4 Å². The SMILES string of the molecule is O=C(OCc1coc(-c2cccs2)n1)C(CO)NS(=O)(=O)c1ccc(Br)cc1. The first-order valence-electron chi connectivity index (χ1n) is 7.93. The van der Waals surface area contributed by atoms with Gasteiger partial charge in [-0.1, -0.05) is 22.0 Å². The number of hydrogen-bond donors (Lipinski definition) is 2. The highest BCUT2D eigenvalue weighted by Crippen LogP contribution is 2.23. The summed E-state index contributed by atoms with van der Waals surface area (Å²) in [4.78, 5) is 17.2. The van der Waals surface area contributed by atoms with Gasteiger partial charge in [-0.15, -0.1) is 11.3 Å². The number of halogens is 1. The maximum Gasteiger partial charge on any atom is 0.326 e. The molecule has 0 bridgehead atoms. The number of sulfonamides is 1. The largest absolute Gasteiger partial charge is 0.458 e. The quantitative estimate of drug-likeness (QED) is 0.469. The molecule has 0 amide bonds. The Bertz CT molecular complexity index is 1030. The number of oxazole rings is 1. The van der Waals surface area contributed by atoms with E-state index >= 15 is 0 Å². The molecule has 28 heavy (non-hydrogen) atoms. The molecule has 0 aliphatic heterocycles. The number of ether oxygens (including phenoxy) is 1. The van der Waals surface area contributed by atoms with Crippen LogP contribution in [0.15, 0.2) is 61.8 Å². The molecular weight excluding hydrogens is 472 g/mol. The average molecular weight is 487 g/mol. The molecule has 1 unspecified atom stereocenters. The van der Waals surface area contributed by atoms with Gasteiger partial charge in [-0.05, 0) is 35.7 Å². The number of carbonyl (C=O) groups is 1. The first-order chi connectivity index (χ1) is 13.4. The van der Waals surface area contributed by atoms with E-state index < -0.39 is 28.6 Å². The van der Waals surface area contributed by atoms with Gasteiger partial charge in [0.1, 0.15) is 24.6 Å². The molecule has 3 aromatic rings. The van der Waals surface area contributed by atoms with E-state index in [-0.39, 0.29) is 11.5 Å². The van der Waals surface area contributed by atoms with Crippen molar-refractivity contribution in [2.24, 2.45) is 0 Å². The number of aliphatic hydroxyl groups excluding tert-OH is 1. The minimum atomic E-state index is -4.01. The standard InChI is InChI=1S/C17H15BrN2O6S2/c18-11-3-5-13(6-4-11)28(23,24)20-14(8-21)17(22)26-10-12-9-25-16(19-12)15-2-1-7-27-15/h1-7,9,14,20-21H,8,10H2. The van der Waals surface area contributed by atoms with Crippen molar-refractivity contribution in [2.75, 3.05) is 6.61 Å². The van der Waals surface area contributed by atoms with Crippen LogP contribution in [0.5, 0.6) is 0 Å². The van der Waals surface area contributed by atoms with Crippen molar-refractivity contribution in [3.8, 4) is 10.8 Å². The average Bonchev–Trinajstić information content (AvgIpc) is 3.36. The molecule has 0 radical (unpaired) electrons. The number of benzene rings is 1. The van der Waals surface area contributed by atoms with Gasteiger partial charge >= 0.3 is 5.97 Å². The van der Waals surface area contributed by atoms with Crippen molar-refractivity contribution in [3.63, 3.8) is 0 Å². The molecular formula is C17H15BrN2O6S2. The number of rotatable bonds is 8. The number of hydrogen-bond acceptors (Lipinski definition) is 8. The molecule has 0 saturated carbocycles. The summed E-state index contributed by atoms with van der Waals surface area (Å²) in [6.45, 7) is -0.974. The molecule has 0 saturated heterocycles. The second-order valence-electron chi connectivity index (χ2n) is 5.54. The third-order valence-electron chi connectivity index (χ3n) is 3.53. The van der Waals surface area contributed by atoms with Crippen molar-refractivity contribution in [1.29, 1.82) is 0 Å². The second-order valence-corrected chi connectivity index (χ2v) is 9.12. The fourth-order valence-corrected chi connectivity index (χ4v) is 4.26. The van der Waals surface area contributed by atoms with Crippen LogP contribution in [-0.4, -0.2) is 37.1 Å². The molecule has 1 aromatic carbocycles. The van der Waals surface area contributed by atoms with E-state index in [1.807, 2.05) is 17.5 Å². The fraction of sp³-hybridized carbons (Fsp3) is 0.176. The van der Waals surface area contributed by atoms with Crippen molar-refractivity contribution in [3.05, 3.63) is 58.2 Å². The van der Waals surface area contributed by atoms with Crippen LogP contribution in [0.2, 0.25) is 0 Å². The normalized spacial score (nSPS) is 12.6. The molecule has 2 aromatic heterocycles. The number of nitrogens with zero attached hydrogens (tertiary/aromatic N) is 1. The third-order valence-corrected chi connectivity index (χ3v) is 6.41. The first kappa shape index (κ1) is 20.7.